The molecular weight excluding hydrogens is 381 g/mol. The number of hydrogen-bond donors (Lipinski definition) is 1. The summed E-state index contributed by atoms with van der Waals surface area (Å²) in [4.78, 5) is 12.0. The van der Waals surface area contributed by atoms with Gasteiger partial charge in [-0.3, -0.25) is 4.79 Å². The van der Waals surface area contributed by atoms with E-state index in [9.17, 15) is 9.18 Å². The van der Waals surface area contributed by atoms with E-state index >= 15 is 0 Å². The average molecular weight is 392 g/mol. The molecule has 1 heterocycles. The van der Waals surface area contributed by atoms with Gasteiger partial charge in [-0.15, -0.1) is 0 Å². The van der Waals surface area contributed by atoms with Gasteiger partial charge in [-0.25, -0.2) is 9.02 Å². The Bertz CT molecular complexity index is 835. The van der Waals surface area contributed by atoms with E-state index in [1.165, 1.54) is 24.3 Å². The molecule has 0 fully saturated rings. The first-order valence-electron chi connectivity index (χ1n) is 6.88. The number of nitrogens with zero attached hydrogens (tertiary/aromatic N) is 2. The van der Waals surface area contributed by atoms with Gasteiger partial charge in [0.1, 0.15) is 11.6 Å². The summed E-state index contributed by atoms with van der Waals surface area (Å²) in [5.74, 6) is -0.226. The normalized spacial score (nSPS) is 10.4. The lowest BCUT2D eigenvalue weighted by molar-refractivity contribution is -0.118. The SMILES string of the molecule is O=C(COc1ccc(F)cc1)Nc1nonc1-c1ccc(Br)cc1. The predicted octanol–water partition coefficient (Wildman–Crippen LogP) is 3.66. The molecule has 0 unspecified atom stereocenters. The van der Waals surface area contributed by atoms with Crippen molar-refractivity contribution >= 4 is 27.7 Å². The van der Waals surface area contributed by atoms with E-state index in [0.29, 0.717) is 11.4 Å². The maximum absolute atomic E-state index is 12.8. The third-order valence-electron chi connectivity index (χ3n) is 3.05. The van der Waals surface area contributed by atoms with Gasteiger partial charge in [-0.1, -0.05) is 28.1 Å². The molecule has 2 aromatic carbocycles. The summed E-state index contributed by atoms with van der Waals surface area (Å²) in [6, 6.07) is 12.7. The van der Waals surface area contributed by atoms with Gasteiger partial charge in [0.05, 0.1) is 0 Å². The van der Waals surface area contributed by atoms with Crippen LogP contribution < -0.4 is 10.1 Å². The zero-order valence-electron chi connectivity index (χ0n) is 12.2. The Hall–Kier alpha value is -2.74. The summed E-state index contributed by atoms with van der Waals surface area (Å²) in [5, 5.41) is 10.1. The van der Waals surface area contributed by atoms with Crippen molar-refractivity contribution < 1.29 is 18.6 Å². The number of anilines is 1. The highest BCUT2D eigenvalue weighted by Gasteiger charge is 2.15. The van der Waals surface area contributed by atoms with Crippen LogP contribution in [0.1, 0.15) is 0 Å². The van der Waals surface area contributed by atoms with Crippen molar-refractivity contribution in [2.45, 2.75) is 0 Å². The molecule has 0 bridgehead atoms. The molecular formula is C16H11BrFN3O3. The molecule has 8 heteroatoms. The zero-order chi connectivity index (χ0) is 16.9. The molecule has 0 saturated carbocycles. The molecule has 0 spiro atoms. The molecule has 6 nitrogen and oxygen atoms in total. The fourth-order valence-electron chi connectivity index (χ4n) is 1.92. The topological polar surface area (TPSA) is 77.2 Å². The Labute approximate surface area is 144 Å². The summed E-state index contributed by atoms with van der Waals surface area (Å²) in [5.41, 5.74) is 1.16. The molecule has 122 valence electrons. The number of halogens is 2. The molecule has 0 aliphatic heterocycles. The lowest BCUT2D eigenvalue weighted by atomic mass is 10.1. The monoisotopic (exact) mass is 391 g/mol. The number of aromatic nitrogens is 2. The van der Waals surface area contributed by atoms with Gasteiger partial charge in [-0.2, -0.15) is 0 Å². The Morgan fingerprint density at radius 1 is 1.12 bits per heavy atom. The number of carbonyl (C=O) groups excluding carboxylic acids is 1. The van der Waals surface area contributed by atoms with Gasteiger partial charge in [0.25, 0.3) is 5.91 Å². The fourth-order valence-corrected chi connectivity index (χ4v) is 2.18. The fraction of sp³-hybridized carbons (Fsp3) is 0.0625. The summed E-state index contributed by atoms with van der Waals surface area (Å²) in [6.45, 7) is -0.252. The van der Waals surface area contributed by atoms with Gasteiger partial charge in [0.15, 0.2) is 12.3 Å². The second-order valence-electron chi connectivity index (χ2n) is 4.76. The molecule has 3 rings (SSSR count). The smallest absolute Gasteiger partial charge is 0.263 e. The average Bonchev–Trinajstić information content (AvgIpc) is 3.03. The van der Waals surface area contributed by atoms with E-state index in [1.807, 2.05) is 24.3 Å². The molecule has 0 aliphatic carbocycles. The van der Waals surface area contributed by atoms with Crippen molar-refractivity contribution in [3.8, 4) is 17.0 Å². The number of hydrogen-bond acceptors (Lipinski definition) is 5. The van der Waals surface area contributed by atoms with Gasteiger partial charge in [0.2, 0.25) is 5.82 Å². The first-order valence-corrected chi connectivity index (χ1v) is 7.68. The van der Waals surface area contributed by atoms with E-state index in [0.717, 1.165) is 10.0 Å². The molecule has 0 radical (unpaired) electrons. The van der Waals surface area contributed by atoms with Gasteiger partial charge in [0, 0.05) is 10.0 Å². The second-order valence-corrected chi connectivity index (χ2v) is 5.67. The van der Waals surface area contributed by atoms with Crippen molar-refractivity contribution in [1.82, 2.24) is 10.3 Å². The third kappa shape index (κ3) is 3.96. The molecule has 1 N–H and O–H groups in total. The van der Waals surface area contributed by atoms with E-state index < -0.39 is 5.91 Å². The number of benzene rings is 2. The number of ether oxygens (including phenoxy) is 1. The predicted molar refractivity (Wildman–Crippen MR) is 88.0 cm³/mol. The first kappa shape index (κ1) is 16.1. The van der Waals surface area contributed by atoms with Crippen LogP contribution >= 0.6 is 15.9 Å². The van der Waals surface area contributed by atoms with E-state index in [1.54, 1.807) is 0 Å². The van der Waals surface area contributed by atoms with Gasteiger partial charge >= 0.3 is 0 Å². The van der Waals surface area contributed by atoms with Crippen LogP contribution in [0, 0.1) is 5.82 Å². The lowest BCUT2D eigenvalue weighted by Gasteiger charge is -2.06. The van der Waals surface area contributed by atoms with Crippen LogP contribution in [0.2, 0.25) is 0 Å². The van der Waals surface area contributed by atoms with Crippen molar-refractivity contribution in [3.05, 3.63) is 58.8 Å². The molecule has 0 atom stereocenters. The highest BCUT2D eigenvalue weighted by atomic mass is 79.9. The molecule has 0 saturated heterocycles. The van der Waals surface area contributed by atoms with Crippen molar-refractivity contribution in [1.29, 1.82) is 0 Å². The third-order valence-corrected chi connectivity index (χ3v) is 3.58. The number of amides is 1. The van der Waals surface area contributed by atoms with Crippen LogP contribution in [0.25, 0.3) is 11.3 Å². The quantitative estimate of drug-likeness (QED) is 0.717. The molecule has 3 aromatic rings. The number of rotatable bonds is 5. The van der Waals surface area contributed by atoms with E-state index in [2.05, 4.69) is 31.6 Å². The highest BCUT2D eigenvalue weighted by molar-refractivity contribution is 9.10. The Morgan fingerprint density at radius 3 is 2.54 bits per heavy atom. The van der Waals surface area contributed by atoms with E-state index in [-0.39, 0.29) is 18.2 Å². The molecule has 1 aromatic heterocycles. The summed E-state index contributed by atoms with van der Waals surface area (Å²) >= 11 is 3.35. The van der Waals surface area contributed by atoms with Crippen LogP contribution in [0.15, 0.2) is 57.6 Å². The molecule has 1 amide bonds. The summed E-state index contributed by atoms with van der Waals surface area (Å²) < 4.78 is 23.7. The maximum Gasteiger partial charge on any atom is 0.263 e. The number of nitrogens with one attached hydrogen (secondary N) is 1. The van der Waals surface area contributed by atoms with Crippen LogP contribution in [-0.4, -0.2) is 22.8 Å². The maximum atomic E-state index is 12.8. The second kappa shape index (κ2) is 7.22. The van der Waals surface area contributed by atoms with Crippen molar-refractivity contribution in [2.24, 2.45) is 0 Å². The van der Waals surface area contributed by atoms with Crippen LogP contribution in [-0.2, 0) is 4.79 Å². The Morgan fingerprint density at radius 2 is 1.83 bits per heavy atom. The van der Waals surface area contributed by atoms with Gasteiger partial charge < -0.3 is 10.1 Å². The standard InChI is InChI=1S/C16H11BrFN3O3/c17-11-3-1-10(2-4-11)15-16(21-24-20-15)19-14(22)9-23-13-7-5-12(18)6-8-13/h1-8H,9H2,(H,19,21,22). The minimum atomic E-state index is -0.437. The minimum absolute atomic E-state index is 0.199. The Balaban J connectivity index is 1.64. The highest BCUT2D eigenvalue weighted by Crippen LogP contribution is 2.25. The van der Waals surface area contributed by atoms with Crippen LogP contribution in [0.3, 0.4) is 0 Å². The van der Waals surface area contributed by atoms with Crippen LogP contribution in [0.5, 0.6) is 5.75 Å². The minimum Gasteiger partial charge on any atom is -0.484 e. The Kier molecular flexibility index (Phi) is 4.85. The summed E-state index contributed by atoms with van der Waals surface area (Å²) in [6.07, 6.45) is 0. The van der Waals surface area contributed by atoms with Crippen molar-refractivity contribution in [3.63, 3.8) is 0 Å². The van der Waals surface area contributed by atoms with Crippen molar-refractivity contribution in [2.75, 3.05) is 11.9 Å². The van der Waals surface area contributed by atoms with E-state index in [4.69, 9.17) is 9.37 Å². The zero-order valence-corrected chi connectivity index (χ0v) is 13.8. The first-order chi connectivity index (χ1) is 11.6. The lowest BCUT2D eigenvalue weighted by Crippen LogP contribution is -2.20. The number of carbonyl (C=O) groups is 1. The largest absolute Gasteiger partial charge is 0.484 e. The molecule has 24 heavy (non-hydrogen) atoms. The summed E-state index contributed by atoms with van der Waals surface area (Å²) in [7, 11) is 0. The molecule has 0 aliphatic rings. The van der Waals surface area contributed by atoms with Crippen LogP contribution in [0.4, 0.5) is 10.2 Å². The van der Waals surface area contributed by atoms with Gasteiger partial charge in [-0.05, 0) is 46.7 Å².